The number of tetrazole rings is 1. The molecule has 0 aliphatic heterocycles. The Balaban J connectivity index is 0.00000193. The molecule has 2 heterocycles. The average Bonchev–Trinajstić information content (AvgIpc) is 3.28. The smallest absolute Gasteiger partial charge is 1.00 e. The van der Waals surface area contributed by atoms with Crippen molar-refractivity contribution in [3.8, 4) is 22.5 Å². The third-order valence-electron chi connectivity index (χ3n) is 4.74. The minimum atomic E-state index is -4.54. The van der Waals surface area contributed by atoms with Crippen LogP contribution < -0.4 is 34.9 Å². The Morgan fingerprint density at radius 3 is 2.41 bits per heavy atom. The van der Waals surface area contributed by atoms with Crippen molar-refractivity contribution >= 4 is 5.82 Å². The van der Waals surface area contributed by atoms with E-state index in [0.717, 1.165) is 22.3 Å². The van der Waals surface area contributed by atoms with Crippen molar-refractivity contribution in [1.82, 2.24) is 30.6 Å². The van der Waals surface area contributed by atoms with Crippen molar-refractivity contribution in [2.45, 2.75) is 26.6 Å². The van der Waals surface area contributed by atoms with Crippen LogP contribution in [0.15, 0.2) is 48.5 Å². The predicted octanol–water partition coefficient (Wildman–Crippen LogP) is 1.69. The normalized spacial score (nSPS) is 11.2. The summed E-state index contributed by atoms with van der Waals surface area (Å²) in [6.07, 6.45) is -4.54. The molecule has 4 rings (SSSR count). The fourth-order valence-corrected chi connectivity index (χ4v) is 3.29. The van der Waals surface area contributed by atoms with Crippen molar-refractivity contribution in [2.75, 3.05) is 5.32 Å². The third kappa shape index (κ3) is 5.14. The van der Waals surface area contributed by atoms with E-state index >= 15 is 0 Å². The molecule has 2 aromatic carbocycles. The molecule has 0 saturated carbocycles. The van der Waals surface area contributed by atoms with Gasteiger partial charge in [-0.1, -0.05) is 42.5 Å². The van der Waals surface area contributed by atoms with Gasteiger partial charge in [-0.25, -0.2) is 9.97 Å². The van der Waals surface area contributed by atoms with Gasteiger partial charge in [0.1, 0.15) is 11.6 Å². The molecular formula is C21H19F3N7Na. The molecular weight excluding hydrogens is 430 g/mol. The molecule has 0 aliphatic rings. The van der Waals surface area contributed by atoms with Gasteiger partial charge in [-0.3, -0.25) is 0 Å². The fourth-order valence-electron chi connectivity index (χ4n) is 3.29. The number of aryl methyl sites for hydroxylation is 1. The zero-order valence-electron chi connectivity index (χ0n) is 18.7. The number of aromatic nitrogens is 6. The van der Waals surface area contributed by atoms with E-state index < -0.39 is 11.9 Å². The molecule has 0 amide bonds. The van der Waals surface area contributed by atoms with Gasteiger partial charge in [0.2, 0.25) is 5.82 Å². The second-order valence-electron chi connectivity index (χ2n) is 6.93. The van der Waals surface area contributed by atoms with Crippen LogP contribution >= 0.6 is 0 Å². The van der Waals surface area contributed by atoms with Crippen LogP contribution in [0.4, 0.5) is 19.0 Å². The Kier molecular flexibility index (Phi) is 7.27. The summed E-state index contributed by atoms with van der Waals surface area (Å²) in [5.41, 5.74) is 2.50. The van der Waals surface area contributed by atoms with E-state index in [2.05, 4.69) is 35.9 Å². The van der Waals surface area contributed by atoms with Gasteiger partial charge in [-0.05, 0) is 41.8 Å². The van der Waals surface area contributed by atoms with E-state index in [4.69, 9.17) is 0 Å². The Hall–Kier alpha value is -2.82. The summed E-state index contributed by atoms with van der Waals surface area (Å²) in [6.45, 7) is 3.05. The molecule has 4 aromatic rings. The van der Waals surface area contributed by atoms with Crippen molar-refractivity contribution in [3.63, 3.8) is 0 Å². The first-order chi connectivity index (χ1) is 14.8. The maximum Gasteiger partial charge on any atom is 1.00 e. The quantitative estimate of drug-likeness (QED) is 0.451. The number of alkyl halides is 3. The summed E-state index contributed by atoms with van der Waals surface area (Å²) < 4.78 is 39.7. The number of hydrogen-bond donors (Lipinski definition) is 2. The number of aromatic amines is 1. The van der Waals surface area contributed by atoms with Crippen LogP contribution in [-0.4, -0.2) is 30.6 Å². The summed E-state index contributed by atoms with van der Waals surface area (Å²) in [5, 5.41) is 17.2. The molecule has 0 atom stereocenters. The number of benzene rings is 2. The van der Waals surface area contributed by atoms with Crippen LogP contribution in [0.5, 0.6) is 0 Å². The van der Waals surface area contributed by atoms with Crippen LogP contribution in [0.25, 0.3) is 22.5 Å². The van der Waals surface area contributed by atoms with Crippen LogP contribution in [0.2, 0.25) is 0 Å². The van der Waals surface area contributed by atoms with Crippen LogP contribution in [-0.2, 0) is 12.7 Å². The van der Waals surface area contributed by atoms with E-state index in [1.165, 1.54) is 13.8 Å². The van der Waals surface area contributed by atoms with Gasteiger partial charge in [0.05, 0.1) is 0 Å². The van der Waals surface area contributed by atoms with Crippen molar-refractivity contribution in [2.24, 2.45) is 0 Å². The van der Waals surface area contributed by atoms with Gasteiger partial charge in [0, 0.05) is 17.7 Å². The largest absolute Gasteiger partial charge is 1.00 e. The number of anilines is 1. The molecule has 0 aliphatic carbocycles. The number of nitrogens with zero attached hydrogens (tertiary/aromatic N) is 5. The third-order valence-corrected chi connectivity index (χ3v) is 4.74. The Labute approximate surface area is 205 Å². The molecule has 0 spiro atoms. The molecule has 0 radical (unpaired) electrons. The Bertz CT molecular complexity index is 1200. The molecule has 32 heavy (non-hydrogen) atoms. The Morgan fingerprint density at radius 1 is 1.00 bits per heavy atom. The summed E-state index contributed by atoms with van der Waals surface area (Å²) in [6, 6.07) is 15.5. The van der Waals surface area contributed by atoms with Crippen molar-refractivity contribution in [1.29, 1.82) is 0 Å². The first-order valence-electron chi connectivity index (χ1n) is 9.41. The summed E-state index contributed by atoms with van der Waals surface area (Å²) in [5.74, 6) is 0.620. The van der Waals surface area contributed by atoms with Crippen molar-refractivity contribution in [3.05, 3.63) is 71.2 Å². The van der Waals surface area contributed by atoms with Gasteiger partial charge >= 0.3 is 35.7 Å². The monoisotopic (exact) mass is 449 g/mol. The van der Waals surface area contributed by atoms with Gasteiger partial charge in [0.25, 0.3) is 0 Å². The molecule has 0 saturated heterocycles. The summed E-state index contributed by atoms with van der Waals surface area (Å²) in [7, 11) is 0. The van der Waals surface area contributed by atoms with E-state index in [9.17, 15) is 13.2 Å². The Morgan fingerprint density at radius 2 is 1.75 bits per heavy atom. The molecule has 2 N–H and O–H groups in total. The van der Waals surface area contributed by atoms with Crippen LogP contribution in [0.1, 0.15) is 24.1 Å². The number of halogens is 3. The topological polar surface area (TPSA) is 92.3 Å². The SMILES string of the molecule is Cc1nc(NCc2ccc(-c3ccccc3)c(-c3nn[nH]n3)c2)c(C)c(C(F)(F)F)n1.[H-].[Na+]. The van der Waals surface area contributed by atoms with Crippen LogP contribution in [0.3, 0.4) is 0 Å². The molecule has 0 fully saturated rings. The fraction of sp³-hybridized carbons (Fsp3) is 0.190. The minimum Gasteiger partial charge on any atom is -1.00 e. The van der Waals surface area contributed by atoms with E-state index in [1.807, 2.05) is 48.5 Å². The van der Waals surface area contributed by atoms with Gasteiger partial charge in [0.15, 0.2) is 5.69 Å². The zero-order chi connectivity index (χ0) is 22.0. The zero-order valence-corrected chi connectivity index (χ0v) is 19.7. The van der Waals surface area contributed by atoms with Gasteiger partial charge in [-0.2, -0.15) is 18.4 Å². The maximum atomic E-state index is 13.2. The average molecular weight is 449 g/mol. The number of hydrogen-bond acceptors (Lipinski definition) is 6. The standard InChI is InChI=1S/C21H18F3N7.Na.H/c1-12-18(21(22,23)24)26-13(2)27-19(12)25-11-14-8-9-16(15-6-4-3-5-7-15)17(10-14)20-28-30-31-29-20;;/h3-10H,11H2,1-2H3,(H,25,26,27)(H,28,29,30,31);;/q;+1;-1. The summed E-state index contributed by atoms with van der Waals surface area (Å²) >= 11 is 0. The molecule has 11 heteroatoms. The van der Waals surface area contributed by atoms with E-state index in [0.29, 0.717) is 5.82 Å². The van der Waals surface area contributed by atoms with Crippen molar-refractivity contribution < 1.29 is 44.2 Å². The summed E-state index contributed by atoms with van der Waals surface area (Å²) in [4.78, 5) is 7.69. The molecule has 7 nitrogen and oxygen atoms in total. The van der Waals surface area contributed by atoms with Gasteiger partial charge in [-0.15, -0.1) is 10.2 Å². The molecule has 0 unspecified atom stereocenters. The number of nitrogens with one attached hydrogen (secondary N) is 2. The minimum absolute atomic E-state index is 0. The van der Waals surface area contributed by atoms with Crippen LogP contribution in [0, 0.1) is 13.8 Å². The maximum absolute atomic E-state index is 13.2. The predicted molar refractivity (Wildman–Crippen MR) is 110 cm³/mol. The molecule has 160 valence electrons. The number of rotatable bonds is 5. The second kappa shape index (κ2) is 9.76. The first kappa shape index (κ1) is 23.8. The second-order valence-corrected chi connectivity index (χ2v) is 6.93. The molecule has 0 bridgehead atoms. The van der Waals surface area contributed by atoms with E-state index in [-0.39, 0.29) is 54.7 Å². The number of H-pyrrole nitrogens is 1. The van der Waals surface area contributed by atoms with Gasteiger partial charge < -0.3 is 6.74 Å². The van der Waals surface area contributed by atoms with E-state index in [1.54, 1.807) is 0 Å². The molecule has 2 aromatic heterocycles. The first-order valence-corrected chi connectivity index (χ1v) is 9.41.